The summed E-state index contributed by atoms with van der Waals surface area (Å²) in [5, 5.41) is 0. The number of carbonyl (C=O) groups is 1. The van der Waals surface area contributed by atoms with Gasteiger partial charge in [-0.05, 0) is 31.6 Å². The molecule has 0 saturated heterocycles. The largest absolute Gasteiger partial charge is 0.303 e. The zero-order valence-corrected chi connectivity index (χ0v) is 8.18. The van der Waals surface area contributed by atoms with E-state index >= 15 is 0 Å². The summed E-state index contributed by atoms with van der Waals surface area (Å²) in [5.41, 5.74) is 1.42. The third-order valence-corrected chi connectivity index (χ3v) is 2.93. The summed E-state index contributed by atoms with van der Waals surface area (Å²) < 4.78 is 0. The van der Waals surface area contributed by atoms with Gasteiger partial charge < -0.3 is 4.79 Å². The van der Waals surface area contributed by atoms with Crippen LogP contribution in [-0.2, 0) is 4.79 Å². The normalized spacial score (nSPS) is 36.0. The van der Waals surface area contributed by atoms with Crippen molar-refractivity contribution < 1.29 is 4.79 Å². The highest BCUT2D eigenvalue weighted by atomic mass is 35.5. The summed E-state index contributed by atoms with van der Waals surface area (Å²) in [6.07, 6.45) is 7.04. The Balaban J connectivity index is 2.57. The Morgan fingerprint density at radius 1 is 1.67 bits per heavy atom. The van der Waals surface area contributed by atoms with Gasteiger partial charge in [-0.15, -0.1) is 0 Å². The lowest BCUT2D eigenvalue weighted by Gasteiger charge is -2.19. The molecule has 0 aromatic rings. The van der Waals surface area contributed by atoms with Crippen LogP contribution in [0.1, 0.15) is 32.6 Å². The monoisotopic (exact) mass is 186 g/mol. The van der Waals surface area contributed by atoms with E-state index < -0.39 is 0 Å². The molecule has 1 aliphatic carbocycles. The molecule has 0 aromatic heterocycles. The molecule has 12 heavy (non-hydrogen) atoms. The summed E-state index contributed by atoms with van der Waals surface area (Å²) in [5.74, 6) is 0.693. The number of aldehydes is 1. The molecule has 0 N–H and O–H groups in total. The molecule has 0 aliphatic heterocycles. The number of halogens is 1. The van der Waals surface area contributed by atoms with E-state index in [0.717, 1.165) is 25.5 Å². The van der Waals surface area contributed by atoms with E-state index in [2.05, 4.69) is 6.92 Å². The Morgan fingerprint density at radius 2 is 2.42 bits per heavy atom. The van der Waals surface area contributed by atoms with Crippen LogP contribution in [0.25, 0.3) is 0 Å². The highest BCUT2D eigenvalue weighted by Gasteiger charge is 2.35. The molecular weight excluding hydrogens is 172 g/mol. The van der Waals surface area contributed by atoms with Crippen LogP contribution >= 0.6 is 11.6 Å². The fraction of sp³-hybridized carbons (Fsp3) is 0.700. The van der Waals surface area contributed by atoms with Crippen LogP contribution in [0.4, 0.5) is 0 Å². The molecule has 0 amide bonds. The van der Waals surface area contributed by atoms with Crippen molar-refractivity contribution in [1.29, 1.82) is 0 Å². The Bertz CT molecular complexity index is 188. The van der Waals surface area contributed by atoms with Gasteiger partial charge in [0, 0.05) is 11.0 Å². The molecule has 2 atom stereocenters. The highest BCUT2D eigenvalue weighted by molar-refractivity contribution is 6.25. The average molecular weight is 187 g/mol. The van der Waals surface area contributed by atoms with Crippen LogP contribution in [0.15, 0.2) is 11.6 Å². The second-order valence-electron chi connectivity index (χ2n) is 3.89. The molecule has 1 saturated carbocycles. The molecule has 1 nitrogen and oxygen atoms in total. The quantitative estimate of drug-likeness (QED) is 0.619. The van der Waals surface area contributed by atoms with Crippen molar-refractivity contribution in [2.45, 2.75) is 32.6 Å². The molecule has 1 fully saturated rings. The second kappa shape index (κ2) is 4.08. The number of hydrogen-bond acceptors (Lipinski definition) is 1. The number of hydrogen-bond donors (Lipinski definition) is 0. The fourth-order valence-electron chi connectivity index (χ4n) is 2.05. The molecule has 2 unspecified atom stereocenters. The van der Waals surface area contributed by atoms with Gasteiger partial charge in [-0.25, -0.2) is 0 Å². The van der Waals surface area contributed by atoms with Crippen LogP contribution < -0.4 is 0 Å². The van der Waals surface area contributed by atoms with Crippen LogP contribution in [-0.4, -0.2) is 6.29 Å². The van der Waals surface area contributed by atoms with Gasteiger partial charge in [-0.1, -0.05) is 24.6 Å². The average Bonchev–Trinajstić information content (AvgIpc) is 2.45. The van der Waals surface area contributed by atoms with Crippen LogP contribution in [0.5, 0.6) is 0 Å². The predicted molar refractivity (Wildman–Crippen MR) is 51.1 cm³/mol. The zero-order valence-electron chi connectivity index (χ0n) is 7.42. The van der Waals surface area contributed by atoms with Gasteiger partial charge in [-0.3, -0.25) is 0 Å². The third kappa shape index (κ3) is 2.10. The van der Waals surface area contributed by atoms with Gasteiger partial charge in [-0.2, -0.15) is 0 Å². The van der Waals surface area contributed by atoms with E-state index in [1.807, 2.05) is 6.08 Å². The first kappa shape index (κ1) is 9.79. The first-order valence-corrected chi connectivity index (χ1v) is 4.88. The molecule has 0 aromatic carbocycles. The minimum Gasteiger partial charge on any atom is -0.303 e. The zero-order chi connectivity index (χ0) is 9.03. The predicted octanol–water partition coefficient (Wildman–Crippen LogP) is 3.13. The van der Waals surface area contributed by atoms with Crippen molar-refractivity contribution in [3.05, 3.63) is 11.6 Å². The van der Waals surface area contributed by atoms with E-state index in [0.29, 0.717) is 5.92 Å². The molecule has 0 radical (unpaired) electrons. The maximum Gasteiger partial charge on any atom is 0.126 e. The van der Waals surface area contributed by atoms with Gasteiger partial charge in [0.15, 0.2) is 0 Å². The number of rotatable bonds is 3. The Kier molecular flexibility index (Phi) is 3.33. The summed E-state index contributed by atoms with van der Waals surface area (Å²) in [6, 6.07) is 0. The molecule has 2 heteroatoms. The molecule has 0 heterocycles. The van der Waals surface area contributed by atoms with Crippen LogP contribution in [0.2, 0.25) is 0 Å². The molecular formula is C10H15ClO. The molecule has 0 spiro atoms. The summed E-state index contributed by atoms with van der Waals surface area (Å²) >= 11 is 5.44. The summed E-state index contributed by atoms with van der Waals surface area (Å²) in [4.78, 5) is 10.9. The lowest BCUT2D eigenvalue weighted by molar-refractivity contribution is -0.115. The number of allylic oxidation sites excluding steroid dienone is 1. The SMILES string of the molecule is CC1CCC(C=O)(C/C=C/Cl)C1. The van der Waals surface area contributed by atoms with E-state index in [1.165, 1.54) is 12.0 Å². The summed E-state index contributed by atoms with van der Waals surface area (Å²) in [6.45, 7) is 2.20. The smallest absolute Gasteiger partial charge is 0.126 e. The lowest BCUT2D eigenvalue weighted by atomic mass is 9.84. The topological polar surface area (TPSA) is 17.1 Å². The van der Waals surface area contributed by atoms with Gasteiger partial charge in [0.2, 0.25) is 0 Å². The molecule has 0 bridgehead atoms. The van der Waals surface area contributed by atoms with Crippen LogP contribution in [0, 0.1) is 11.3 Å². The molecule has 1 rings (SSSR count). The lowest BCUT2D eigenvalue weighted by Crippen LogP contribution is -2.17. The number of carbonyl (C=O) groups excluding carboxylic acids is 1. The highest BCUT2D eigenvalue weighted by Crippen LogP contribution is 2.42. The van der Waals surface area contributed by atoms with E-state index in [9.17, 15) is 4.79 Å². The van der Waals surface area contributed by atoms with Crippen molar-refractivity contribution in [3.63, 3.8) is 0 Å². The second-order valence-corrected chi connectivity index (χ2v) is 4.15. The van der Waals surface area contributed by atoms with Crippen LogP contribution in [0.3, 0.4) is 0 Å². The Morgan fingerprint density at radius 3 is 2.83 bits per heavy atom. The molecule has 68 valence electrons. The van der Waals surface area contributed by atoms with Crippen molar-refractivity contribution in [3.8, 4) is 0 Å². The van der Waals surface area contributed by atoms with Gasteiger partial charge in [0.1, 0.15) is 6.29 Å². The van der Waals surface area contributed by atoms with E-state index in [-0.39, 0.29) is 5.41 Å². The third-order valence-electron chi connectivity index (χ3n) is 2.75. The van der Waals surface area contributed by atoms with E-state index in [1.54, 1.807) is 0 Å². The van der Waals surface area contributed by atoms with Gasteiger partial charge in [0.25, 0.3) is 0 Å². The summed E-state index contributed by atoms with van der Waals surface area (Å²) in [7, 11) is 0. The van der Waals surface area contributed by atoms with Crippen molar-refractivity contribution in [2.75, 3.05) is 0 Å². The van der Waals surface area contributed by atoms with Gasteiger partial charge in [0.05, 0.1) is 0 Å². The van der Waals surface area contributed by atoms with Gasteiger partial charge >= 0.3 is 0 Å². The molecule has 1 aliphatic rings. The van der Waals surface area contributed by atoms with E-state index in [4.69, 9.17) is 11.6 Å². The minimum atomic E-state index is -0.0925. The van der Waals surface area contributed by atoms with Crippen molar-refractivity contribution in [2.24, 2.45) is 11.3 Å². The Hall–Kier alpha value is -0.300. The maximum absolute atomic E-state index is 10.9. The van der Waals surface area contributed by atoms with Crippen molar-refractivity contribution >= 4 is 17.9 Å². The van der Waals surface area contributed by atoms with Crippen molar-refractivity contribution in [1.82, 2.24) is 0 Å². The first-order valence-electron chi connectivity index (χ1n) is 4.44. The minimum absolute atomic E-state index is 0.0925. The first-order chi connectivity index (χ1) is 5.72. The fourth-order valence-corrected chi connectivity index (χ4v) is 2.14. The Labute approximate surface area is 78.8 Å². The maximum atomic E-state index is 10.9. The standard InChI is InChI=1S/C10H15ClO/c1-9-3-5-10(7-9,8-12)4-2-6-11/h2,6,8-9H,3-5,7H2,1H3/b6-2+.